The molecule has 0 saturated heterocycles. The molecule has 3 nitrogen and oxygen atoms in total. The van der Waals surface area contributed by atoms with Crippen LogP contribution in [0.25, 0.3) is 4.98 Å². The van der Waals surface area contributed by atoms with Crippen molar-refractivity contribution in [2.24, 2.45) is 0 Å². The van der Waals surface area contributed by atoms with Gasteiger partial charge in [-0.25, -0.2) is 0 Å². The van der Waals surface area contributed by atoms with E-state index in [1.54, 1.807) is 0 Å². The fourth-order valence-corrected chi connectivity index (χ4v) is 1.92. The van der Waals surface area contributed by atoms with Crippen LogP contribution in [-0.4, -0.2) is 6.54 Å². The number of diazo groups is 1. The van der Waals surface area contributed by atoms with Crippen molar-refractivity contribution < 1.29 is 56.7 Å². The van der Waals surface area contributed by atoms with E-state index in [9.17, 15) is 0 Å². The first-order chi connectivity index (χ1) is 8.83. The molecule has 0 amide bonds. The zero-order chi connectivity index (χ0) is 12.8. The molecule has 0 atom stereocenters. The van der Waals surface area contributed by atoms with E-state index >= 15 is 0 Å². The first kappa shape index (κ1) is 26.1. The second-order valence-electron chi connectivity index (χ2n) is 4.12. The largest absolute Gasteiger partial charge is 2.00 e. The van der Waals surface area contributed by atoms with E-state index < -0.39 is 0 Å². The summed E-state index contributed by atoms with van der Waals surface area (Å²) in [5.74, 6) is 0. The molecule has 0 spiro atoms. The molecule has 2 aromatic rings. The Balaban J connectivity index is -0.000000902. The number of rotatable bonds is 4. The summed E-state index contributed by atoms with van der Waals surface area (Å²) in [6.45, 7) is 3.95. The maximum atomic E-state index is 8.67. The third kappa shape index (κ3) is 7.43. The summed E-state index contributed by atoms with van der Waals surface area (Å²) in [4.78, 5) is 5.44. The van der Waals surface area contributed by atoms with Gasteiger partial charge in [-0.05, 0) is 24.6 Å². The van der Waals surface area contributed by atoms with Crippen LogP contribution >= 0.6 is 0 Å². The van der Waals surface area contributed by atoms with Gasteiger partial charge in [-0.1, -0.05) is 30.3 Å². The summed E-state index contributed by atoms with van der Waals surface area (Å²) in [6, 6.07) is 17.9. The molecule has 0 bridgehead atoms. The molecule has 114 valence electrons. The molecule has 0 heterocycles. The van der Waals surface area contributed by atoms with Gasteiger partial charge in [0.15, 0.2) is 4.98 Å². The Labute approximate surface area is 163 Å². The van der Waals surface area contributed by atoms with E-state index in [2.05, 4.69) is 41.1 Å². The van der Waals surface area contributed by atoms with Crippen molar-refractivity contribution in [3.63, 3.8) is 0 Å². The summed E-state index contributed by atoms with van der Waals surface area (Å²) < 4.78 is 0. The van der Waals surface area contributed by atoms with Crippen LogP contribution in [-0.2, 0) is 26.0 Å². The van der Waals surface area contributed by atoms with Gasteiger partial charge in [0.25, 0.3) is 0 Å². The minimum absolute atomic E-state index is 0. The molecule has 22 heavy (non-hydrogen) atoms. The Bertz CT molecular complexity index is 544. The third-order valence-electron chi connectivity index (χ3n) is 2.93. The first-order valence-corrected chi connectivity index (χ1v) is 6.07. The molecule has 7 heteroatoms. The summed E-state index contributed by atoms with van der Waals surface area (Å²) in [6.07, 6.45) is 0. The second kappa shape index (κ2) is 13.8. The van der Waals surface area contributed by atoms with E-state index in [1.807, 2.05) is 30.3 Å². The molecular weight excluding hydrogens is 394 g/mol. The Morgan fingerprint density at radius 3 is 1.91 bits per heavy atom. The maximum absolute atomic E-state index is 8.67. The Hall–Kier alpha value is -0.847. The molecule has 0 aliphatic carbocycles. The van der Waals surface area contributed by atoms with Crippen molar-refractivity contribution in [2.75, 3.05) is 11.4 Å². The molecular formula is C15H16Cl3N3Zn. The van der Waals surface area contributed by atoms with E-state index in [0.717, 1.165) is 18.8 Å². The standard InChI is InChI=1S/C15H16N3.3ClH.Zn/c1-2-18(12-13-6-4-3-5-7-13)15-10-8-14(17-16)9-11-15;;;;/h3-11H,2,12H2,1H3;3*1H;/q+1;;;;+2/p-3. The van der Waals surface area contributed by atoms with E-state index in [-0.39, 0.29) is 56.7 Å². The van der Waals surface area contributed by atoms with E-state index in [1.165, 1.54) is 5.56 Å². The zero-order valence-electron chi connectivity index (χ0n) is 12.3. The normalized spacial score (nSPS) is 8.00. The molecule has 0 aromatic heterocycles. The minimum Gasteiger partial charge on any atom is -1.00 e. The predicted molar refractivity (Wildman–Crippen MR) is 74.4 cm³/mol. The topological polar surface area (TPSA) is 31.4 Å². The van der Waals surface area contributed by atoms with Crippen LogP contribution in [0.5, 0.6) is 0 Å². The van der Waals surface area contributed by atoms with Gasteiger partial charge in [-0.15, -0.1) is 0 Å². The molecule has 0 fully saturated rings. The second-order valence-corrected chi connectivity index (χ2v) is 4.12. The van der Waals surface area contributed by atoms with Crippen molar-refractivity contribution in [3.8, 4) is 0 Å². The average molecular weight is 410 g/mol. The van der Waals surface area contributed by atoms with Crippen LogP contribution in [0.4, 0.5) is 11.4 Å². The third-order valence-corrected chi connectivity index (χ3v) is 2.93. The van der Waals surface area contributed by atoms with Crippen molar-refractivity contribution in [1.29, 1.82) is 5.39 Å². The number of halogens is 3. The quantitative estimate of drug-likeness (QED) is 0.375. The molecule has 0 saturated carbocycles. The number of anilines is 1. The van der Waals surface area contributed by atoms with Gasteiger partial charge in [-0.3, -0.25) is 0 Å². The summed E-state index contributed by atoms with van der Waals surface area (Å²) in [7, 11) is 0. The van der Waals surface area contributed by atoms with Crippen molar-refractivity contribution >= 4 is 11.4 Å². The smallest absolute Gasteiger partial charge is 1.00 e. The Kier molecular flexibility index (Phi) is 16.3. The van der Waals surface area contributed by atoms with Crippen molar-refractivity contribution in [2.45, 2.75) is 13.5 Å². The van der Waals surface area contributed by atoms with Crippen LogP contribution in [0.1, 0.15) is 12.5 Å². The van der Waals surface area contributed by atoms with Crippen molar-refractivity contribution in [3.05, 3.63) is 65.1 Å². The fraction of sp³-hybridized carbons (Fsp3) is 0.200. The van der Waals surface area contributed by atoms with Gasteiger partial charge in [0.2, 0.25) is 5.39 Å². The number of nitrogens with zero attached hydrogens (tertiary/aromatic N) is 3. The molecule has 2 aromatic carbocycles. The molecule has 0 N–H and O–H groups in total. The van der Waals surface area contributed by atoms with E-state index in [0.29, 0.717) is 5.69 Å². The molecule has 0 radical (unpaired) electrons. The van der Waals surface area contributed by atoms with Gasteiger partial charge in [0.1, 0.15) is 0 Å². The van der Waals surface area contributed by atoms with Crippen LogP contribution < -0.4 is 42.1 Å². The number of hydrogen-bond donors (Lipinski definition) is 0. The van der Waals surface area contributed by atoms with Crippen LogP contribution in [0.3, 0.4) is 0 Å². The maximum Gasteiger partial charge on any atom is 2.00 e. The minimum atomic E-state index is 0. The van der Waals surface area contributed by atoms with Crippen LogP contribution in [0, 0.1) is 5.39 Å². The summed E-state index contributed by atoms with van der Waals surface area (Å²) in [5.41, 5.74) is 3.00. The van der Waals surface area contributed by atoms with Crippen LogP contribution in [0.15, 0.2) is 54.6 Å². The molecule has 0 aliphatic rings. The number of hydrogen-bond acceptors (Lipinski definition) is 2. The summed E-state index contributed by atoms with van der Waals surface area (Å²) >= 11 is 0. The molecule has 0 aliphatic heterocycles. The monoisotopic (exact) mass is 407 g/mol. The number of benzene rings is 2. The molecule has 2 rings (SSSR count). The Morgan fingerprint density at radius 2 is 1.45 bits per heavy atom. The van der Waals surface area contributed by atoms with E-state index in [4.69, 9.17) is 5.39 Å². The van der Waals surface area contributed by atoms with Gasteiger partial charge in [-0.2, -0.15) is 0 Å². The SMILES string of the molecule is CCN(Cc1ccccc1)c1ccc([N+]#N)cc1.[Cl-].[Cl-].[Cl-].[Zn+2]. The average Bonchev–Trinajstić information content (AvgIpc) is 2.46. The Morgan fingerprint density at radius 1 is 0.909 bits per heavy atom. The first-order valence-electron chi connectivity index (χ1n) is 6.07. The zero-order valence-corrected chi connectivity index (χ0v) is 17.5. The van der Waals surface area contributed by atoms with Gasteiger partial charge < -0.3 is 42.1 Å². The predicted octanol–water partition coefficient (Wildman–Crippen LogP) is -4.79. The van der Waals surface area contributed by atoms with Gasteiger partial charge in [0, 0.05) is 30.9 Å². The fourth-order valence-electron chi connectivity index (χ4n) is 1.92. The van der Waals surface area contributed by atoms with Gasteiger partial charge in [0.05, 0.1) is 0 Å². The van der Waals surface area contributed by atoms with Crippen LogP contribution in [0.2, 0.25) is 0 Å². The summed E-state index contributed by atoms with van der Waals surface area (Å²) in [5, 5.41) is 8.67. The van der Waals surface area contributed by atoms with Crippen molar-refractivity contribution in [1.82, 2.24) is 0 Å². The molecule has 0 unspecified atom stereocenters. The van der Waals surface area contributed by atoms with Gasteiger partial charge >= 0.3 is 25.2 Å².